The molecule has 0 spiro atoms. The molecule has 0 bridgehead atoms. The summed E-state index contributed by atoms with van der Waals surface area (Å²) in [5.41, 5.74) is -0.456. The third-order valence-electron chi connectivity index (χ3n) is 8.11. The van der Waals surface area contributed by atoms with Crippen LogP contribution in [0.1, 0.15) is 81.8 Å². The Balaban J connectivity index is 1.39. The van der Waals surface area contributed by atoms with E-state index in [2.05, 4.69) is 16.4 Å². The van der Waals surface area contributed by atoms with E-state index in [1.165, 1.54) is 38.2 Å². The van der Waals surface area contributed by atoms with Gasteiger partial charge in [-0.05, 0) is 79.9 Å². The van der Waals surface area contributed by atoms with Crippen molar-refractivity contribution in [2.24, 2.45) is 17.8 Å². The number of ether oxygens (including phenoxy) is 2. The molecule has 0 atom stereocenters. The maximum atomic E-state index is 14.8. The van der Waals surface area contributed by atoms with Gasteiger partial charge in [0.25, 0.3) is 0 Å². The van der Waals surface area contributed by atoms with Gasteiger partial charge in [-0.1, -0.05) is 32.3 Å². The molecule has 0 unspecified atom stereocenters. The minimum atomic E-state index is -4.26. The van der Waals surface area contributed by atoms with Gasteiger partial charge in [0, 0.05) is 12.1 Å². The first-order valence-electron chi connectivity index (χ1n) is 12.9. The molecule has 0 aromatic heterocycles. The van der Waals surface area contributed by atoms with Crippen molar-refractivity contribution < 1.29 is 40.2 Å². The van der Waals surface area contributed by atoms with Crippen LogP contribution in [0.5, 0.6) is 11.5 Å². The van der Waals surface area contributed by atoms with Crippen LogP contribution >= 0.6 is 0 Å². The van der Waals surface area contributed by atoms with Crippen LogP contribution in [0.15, 0.2) is 30.3 Å². The average molecular weight is 533 g/mol. The van der Waals surface area contributed by atoms with E-state index in [0.29, 0.717) is 11.5 Å². The van der Waals surface area contributed by atoms with Gasteiger partial charge in [-0.25, -0.2) is 13.2 Å². The summed E-state index contributed by atoms with van der Waals surface area (Å²) in [6.45, 7) is -1.27. The highest BCUT2D eigenvalue weighted by Crippen LogP contribution is 2.45. The molecule has 2 fully saturated rings. The molecule has 0 N–H and O–H groups in total. The molecule has 2 aliphatic rings. The predicted octanol–water partition coefficient (Wildman–Crippen LogP) is 9.32. The number of rotatable bonds is 8. The van der Waals surface area contributed by atoms with Crippen LogP contribution in [-0.2, 0) is 6.11 Å². The molecule has 2 aromatic carbocycles. The van der Waals surface area contributed by atoms with Gasteiger partial charge < -0.3 is 9.47 Å². The third kappa shape index (κ3) is 6.52. The maximum absolute atomic E-state index is 14.8. The van der Waals surface area contributed by atoms with Gasteiger partial charge in [-0.3, -0.25) is 0 Å². The lowest BCUT2D eigenvalue weighted by Gasteiger charge is -2.38. The molecular formula is C28H31F7O2. The Bertz CT molecular complexity index is 1040. The van der Waals surface area contributed by atoms with E-state index >= 15 is 0 Å². The van der Waals surface area contributed by atoms with Gasteiger partial charge in [0.1, 0.15) is 11.6 Å². The smallest absolute Gasteiger partial charge is 0.429 e. The fraction of sp³-hybridized carbons (Fsp3) is 0.571. The highest BCUT2D eigenvalue weighted by atomic mass is 19.3. The number of halogens is 7. The van der Waals surface area contributed by atoms with Crippen molar-refractivity contribution in [1.82, 2.24) is 0 Å². The van der Waals surface area contributed by atoms with Gasteiger partial charge in [-0.15, -0.1) is 0 Å². The van der Waals surface area contributed by atoms with E-state index in [1.54, 1.807) is 0 Å². The summed E-state index contributed by atoms with van der Waals surface area (Å²) in [6.07, 6.45) is 5.90. The summed E-state index contributed by atoms with van der Waals surface area (Å²) in [7, 11) is 0. The molecule has 2 nitrogen and oxygen atoms in total. The number of alkyl halides is 4. The Labute approximate surface area is 212 Å². The van der Waals surface area contributed by atoms with Crippen LogP contribution in [0.2, 0.25) is 0 Å². The zero-order valence-electron chi connectivity index (χ0n) is 20.6. The molecule has 0 saturated heterocycles. The number of hydrogen-bond acceptors (Lipinski definition) is 2. The summed E-state index contributed by atoms with van der Waals surface area (Å²) in [4.78, 5) is 0. The lowest BCUT2D eigenvalue weighted by atomic mass is 9.68. The summed E-state index contributed by atoms with van der Waals surface area (Å²) >= 11 is 0. The molecule has 0 radical (unpaired) electrons. The topological polar surface area (TPSA) is 18.5 Å². The Morgan fingerprint density at radius 2 is 1.38 bits per heavy atom. The molecule has 204 valence electrons. The first-order chi connectivity index (χ1) is 17.6. The van der Waals surface area contributed by atoms with Crippen LogP contribution in [0.3, 0.4) is 0 Å². The quantitative estimate of drug-likeness (QED) is 0.316. The van der Waals surface area contributed by atoms with E-state index in [1.807, 2.05) is 0 Å². The lowest BCUT2D eigenvalue weighted by Crippen LogP contribution is -2.26. The summed E-state index contributed by atoms with van der Waals surface area (Å²) in [5, 5.41) is 0. The van der Waals surface area contributed by atoms with Crippen molar-refractivity contribution in [3.63, 3.8) is 0 Å². The zero-order valence-corrected chi connectivity index (χ0v) is 20.6. The molecule has 37 heavy (non-hydrogen) atoms. The molecule has 4 rings (SSSR count). The Hall–Kier alpha value is -2.45. The standard InChI is InChI=1S/C28H31F7O2/c1-2-16-3-5-17(6-4-16)18-7-9-19(10-8-18)20-11-12-22(23(29)13-20)28(34,35)37-21-14-24(30)26(25(31)15-21)36-27(32)33/h11-19,27H,2-10H2,1H3. The van der Waals surface area contributed by atoms with Gasteiger partial charge >= 0.3 is 12.7 Å². The normalized spacial score (nSPS) is 24.8. The first-order valence-corrected chi connectivity index (χ1v) is 12.9. The van der Waals surface area contributed by atoms with Gasteiger partial charge in [-0.2, -0.15) is 17.6 Å². The van der Waals surface area contributed by atoms with E-state index in [4.69, 9.17) is 0 Å². The van der Waals surface area contributed by atoms with E-state index in [9.17, 15) is 30.7 Å². The highest BCUT2D eigenvalue weighted by Gasteiger charge is 2.39. The van der Waals surface area contributed by atoms with Gasteiger partial charge in [0.05, 0.1) is 5.56 Å². The number of benzene rings is 2. The van der Waals surface area contributed by atoms with Crippen LogP contribution in [0.25, 0.3) is 0 Å². The van der Waals surface area contributed by atoms with Gasteiger partial charge in [0.15, 0.2) is 17.4 Å². The van der Waals surface area contributed by atoms with Crippen LogP contribution < -0.4 is 9.47 Å². The molecule has 2 saturated carbocycles. The number of hydrogen-bond donors (Lipinski definition) is 0. The minimum Gasteiger partial charge on any atom is -0.429 e. The predicted molar refractivity (Wildman–Crippen MR) is 124 cm³/mol. The molecule has 0 amide bonds. The van der Waals surface area contributed by atoms with Crippen LogP contribution in [0.4, 0.5) is 30.7 Å². The van der Waals surface area contributed by atoms with E-state index < -0.39 is 47.2 Å². The van der Waals surface area contributed by atoms with Gasteiger partial charge in [0.2, 0.25) is 0 Å². The molecule has 2 aromatic rings. The second-order valence-corrected chi connectivity index (χ2v) is 10.3. The maximum Gasteiger partial charge on any atom is 0.429 e. The first kappa shape index (κ1) is 27.6. The Kier molecular flexibility index (Phi) is 8.59. The molecular weight excluding hydrogens is 501 g/mol. The van der Waals surface area contributed by atoms with E-state index in [0.717, 1.165) is 49.7 Å². The molecule has 0 heterocycles. The molecule has 2 aliphatic carbocycles. The van der Waals surface area contributed by atoms with Crippen molar-refractivity contribution in [2.75, 3.05) is 0 Å². The minimum absolute atomic E-state index is 0.0758. The Morgan fingerprint density at radius 3 is 1.89 bits per heavy atom. The lowest BCUT2D eigenvalue weighted by molar-refractivity contribution is -0.187. The SMILES string of the molecule is CCC1CCC(C2CCC(c3ccc(C(F)(F)Oc4cc(F)c(OC(F)F)c(F)c4)c(F)c3)CC2)CC1. The van der Waals surface area contributed by atoms with Crippen molar-refractivity contribution in [1.29, 1.82) is 0 Å². The van der Waals surface area contributed by atoms with Crippen LogP contribution in [0, 0.1) is 35.2 Å². The van der Waals surface area contributed by atoms with Crippen molar-refractivity contribution in [3.8, 4) is 11.5 Å². The summed E-state index contributed by atoms with van der Waals surface area (Å²) in [6, 6.07) is 3.98. The van der Waals surface area contributed by atoms with Crippen LogP contribution in [-0.4, -0.2) is 6.61 Å². The molecule has 0 aliphatic heterocycles. The fourth-order valence-corrected chi connectivity index (χ4v) is 6.01. The van der Waals surface area contributed by atoms with E-state index in [-0.39, 0.29) is 18.1 Å². The van der Waals surface area contributed by atoms with Crippen molar-refractivity contribution in [2.45, 2.75) is 83.3 Å². The fourth-order valence-electron chi connectivity index (χ4n) is 6.01. The second kappa shape index (κ2) is 11.5. The van der Waals surface area contributed by atoms with Crippen molar-refractivity contribution >= 4 is 0 Å². The second-order valence-electron chi connectivity index (χ2n) is 10.3. The zero-order chi connectivity index (χ0) is 26.7. The highest BCUT2D eigenvalue weighted by molar-refractivity contribution is 5.36. The Morgan fingerprint density at radius 1 is 0.811 bits per heavy atom. The average Bonchev–Trinajstić information content (AvgIpc) is 2.86. The molecule has 9 heteroatoms. The largest absolute Gasteiger partial charge is 0.429 e. The summed E-state index contributed by atoms with van der Waals surface area (Å²) < 4.78 is 105. The summed E-state index contributed by atoms with van der Waals surface area (Å²) in [5.74, 6) is -4.62. The van der Waals surface area contributed by atoms with Crippen molar-refractivity contribution in [3.05, 3.63) is 58.9 Å². The monoisotopic (exact) mass is 532 g/mol. The third-order valence-corrected chi connectivity index (χ3v) is 8.11.